The van der Waals surface area contributed by atoms with Crippen LogP contribution in [0.2, 0.25) is 0 Å². The van der Waals surface area contributed by atoms with E-state index in [1.807, 2.05) is 0 Å². The Morgan fingerprint density at radius 2 is 2.26 bits per heavy atom. The predicted molar refractivity (Wildman–Crippen MR) is 76.3 cm³/mol. The molecule has 2 atom stereocenters. The Morgan fingerprint density at radius 1 is 1.47 bits per heavy atom. The zero-order chi connectivity index (χ0) is 13.8. The number of hydrogen-bond donors (Lipinski definition) is 1. The van der Waals surface area contributed by atoms with E-state index in [4.69, 9.17) is 4.74 Å². The number of rotatable bonds is 4. The van der Waals surface area contributed by atoms with Crippen molar-refractivity contribution in [3.63, 3.8) is 0 Å². The summed E-state index contributed by atoms with van der Waals surface area (Å²) in [4.78, 5) is 2.34. The highest BCUT2D eigenvalue weighted by atomic mass is 19.1. The summed E-state index contributed by atoms with van der Waals surface area (Å²) in [6, 6.07) is 5.06. The molecule has 0 aromatic heterocycles. The van der Waals surface area contributed by atoms with Gasteiger partial charge in [0.25, 0.3) is 0 Å². The number of piperidine rings is 1. The van der Waals surface area contributed by atoms with Crippen LogP contribution in [0, 0.1) is 11.7 Å². The molecule has 4 heteroatoms. The number of benzene rings is 1. The van der Waals surface area contributed by atoms with Crippen LogP contribution in [0.3, 0.4) is 0 Å². The van der Waals surface area contributed by atoms with E-state index < -0.39 is 0 Å². The minimum Gasteiger partial charge on any atom is -0.497 e. The van der Waals surface area contributed by atoms with Gasteiger partial charge >= 0.3 is 0 Å². The molecule has 1 fully saturated rings. The van der Waals surface area contributed by atoms with Crippen molar-refractivity contribution < 1.29 is 9.13 Å². The van der Waals surface area contributed by atoms with Gasteiger partial charge in [-0.2, -0.15) is 0 Å². The van der Waals surface area contributed by atoms with Gasteiger partial charge in [0.2, 0.25) is 0 Å². The number of nitrogens with one attached hydrogen (secondary N) is 1. The van der Waals surface area contributed by atoms with Gasteiger partial charge in [-0.3, -0.25) is 0 Å². The quantitative estimate of drug-likeness (QED) is 0.906. The molecular formula is C15H23FN2O. The average molecular weight is 266 g/mol. The van der Waals surface area contributed by atoms with Crippen LogP contribution in [0.4, 0.5) is 10.1 Å². The minimum absolute atomic E-state index is 0.225. The Hall–Kier alpha value is -1.29. The number of methoxy groups -OCH3 is 1. The molecule has 1 N–H and O–H groups in total. The van der Waals surface area contributed by atoms with Gasteiger partial charge in [-0.1, -0.05) is 0 Å². The third-order valence-electron chi connectivity index (χ3n) is 3.92. The van der Waals surface area contributed by atoms with E-state index in [9.17, 15) is 4.39 Å². The molecule has 0 spiro atoms. The molecule has 0 bridgehead atoms. The summed E-state index contributed by atoms with van der Waals surface area (Å²) in [5, 5.41) is 3.29. The van der Waals surface area contributed by atoms with Crippen molar-refractivity contribution in [2.24, 2.45) is 5.92 Å². The molecule has 19 heavy (non-hydrogen) atoms. The molecule has 0 aliphatic carbocycles. The van der Waals surface area contributed by atoms with Gasteiger partial charge in [-0.05, 0) is 51.4 Å². The Kier molecular flexibility index (Phi) is 4.64. The summed E-state index contributed by atoms with van der Waals surface area (Å²) in [5.74, 6) is 1.01. The maximum absolute atomic E-state index is 13.8. The first-order valence-corrected chi connectivity index (χ1v) is 6.88. The van der Waals surface area contributed by atoms with E-state index in [0.717, 1.165) is 13.1 Å². The van der Waals surface area contributed by atoms with E-state index >= 15 is 0 Å². The Balaban J connectivity index is 2.03. The highest BCUT2D eigenvalue weighted by molar-refractivity contribution is 5.50. The molecule has 2 rings (SSSR count). The van der Waals surface area contributed by atoms with Crippen LogP contribution < -0.4 is 10.1 Å². The second kappa shape index (κ2) is 6.24. The van der Waals surface area contributed by atoms with Crippen molar-refractivity contribution in [1.29, 1.82) is 0 Å². The van der Waals surface area contributed by atoms with Gasteiger partial charge in [0, 0.05) is 18.7 Å². The van der Waals surface area contributed by atoms with E-state index in [0.29, 0.717) is 17.4 Å². The summed E-state index contributed by atoms with van der Waals surface area (Å²) >= 11 is 0. The largest absolute Gasteiger partial charge is 0.497 e. The molecule has 2 unspecified atom stereocenters. The first-order valence-electron chi connectivity index (χ1n) is 6.88. The van der Waals surface area contributed by atoms with Crippen molar-refractivity contribution >= 4 is 5.69 Å². The summed E-state index contributed by atoms with van der Waals surface area (Å²) in [6.07, 6.45) is 2.41. The molecule has 1 heterocycles. The Bertz CT molecular complexity index is 425. The number of nitrogens with zero attached hydrogens (tertiary/aromatic N) is 1. The molecule has 0 amide bonds. The molecule has 106 valence electrons. The zero-order valence-corrected chi connectivity index (χ0v) is 11.9. The maximum atomic E-state index is 13.8. The van der Waals surface area contributed by atoms with Crippen LogP contribution >= 0.6 is 0 Å². The lowest BCUT2D eigenvalue weighted by Crippen LogP contribution is -2.40. The fraction of sp³-hybridized carbons (Fsp3) is 0.600. The second-order valence-corrected chi connectivity index (χ2v) is 5.44. The average Bonchev–Trinajstić information content (AvgIpc) is 2.41. The number of likely N-dealkylation sites (tertiary alicyclic amines) is 1. The van der Waals surface area contributed by atoms with Crippen LogP contribution in [0.25, 0.3) is 0 Å². The fourth-order valence-electron chi connectivity index (χ4n) is 2.72. The first-order chi connectivity index (χ1) is 9.10. The molecular weight excluding hydrogens is 243 g/mol. The summed E-state index contributed by atoms with van der Waals surface area (Å²) in [7, 11) is 3.74. The van der Waals surface area contributed by atoms with Gasteiger partial charge in [0.05, 0.1) is 12.8 Å². The first kappa shape index (κ1) is 14.1. The second-order valence-electron chi connectivity index (χ2n) is 5.44. The molecule has 1 aromatic rings. The lowest BCUT2D eigenvalue weighted by atomic mass is 9.91. The summed E-state index contributed by atoms with van der Waals surface area (Å²) in [6.45, 7) is 4.36. The van der Waals surface area contributed by atoms with Gasteiger partial charge < -0.3 is 15.0 Å². The minimum atomic E-state index is -0.225. The lowest BCUT2D eigenvalue weighted by molar-refractivity contribution is 0.197. The molecule has 1 aromatic carbocycles. The number of ether oxygens (including phenoxy) is 1. The van der Waals surface area contributed by atoms with Gasteiger partial charge in [0.1, 0.15) is 11.6 Å². The Morgan fingerprint density at radius 3 is 2.95 bits per heavy atom. The van der Waals surface area contributed by atoms with Crippen LogP contribution in [-0.4, -0.2) is 38.2 Å². The molecule has 1 aliphatic rings. The monoisotopic (exact) mass is 266 g/mol. The van der Waals surface area contributed by atoms with Gasteiger partial charge in [0.15, 0.2) is 0 Å². The molecule has 0 radical (unpaired) electrons. The van der Waals surface area contributed by atoms with Crippen LogP contribution in [0.1, 0.15) is 19.8 Å². The van der Waals surface area contributed by atoms with E-state index in [1.54, 1.807) is 19.2 Å². The third-order valence-corrected chi connectivity index (χ3v) is 3.92. The zero-order valence-electron chi connectivity index (χ0n) is 11.9. The number of anilines is 1. The molecule has 0 saturated carbocycles. The van der Waals surface area contributed by atoms with Crippen molar-refractivity contribution in [3.05, 3.63) is 24.0 Å². The van der Waals surface area contributed by atoms with E-state index in [2.05, 4.69) is 24.2 Å². The van der Waals surface area contributed by atoms with Crippen molar-refractivity contribution in [1.82, 2.24) is 4.90 Å². The topological polar surface area (TPSA) is 24.5 Å². The molecule has 3 nitrogen and oxygen atoms in total. The van der Waals surface area contributed by atoms with Crippen molar-refractivity contribution in [3.8, 4) is 5.75 Å². The smallest absolute Gasteiger partial charge is 0.146 e. The number of halogens is 1. The van der Waals surface area contributed by atoms with E-state index in [-0.39, 0.29) is 11.9 Å². The van der Waals surface area contributed by atoms with Crippen molar-refractivity contribution in [2.45, 2.75) is 25.8 Å². The maximum Gasteiger partial charge on any atom is 0.146 e. The van der Waals surface area contributed by atoms with Gasteiger partial charge in [-0.15, -0.1) is 0 Å². The van der Waals surface area contributed by atoms with E-state index in [1.165, 1.54) is 18.9 Å². The lowest BCUT2D eigenvalue weighted by Gasteiger charge is -2.34. The molecule has 1 saturated heterocycles. The van der Waals surface area contributed by atoms with Crippen LogP contribution in [-0.2, 0) is 0 Å². The summed E-state index contributed by atoms with van der Waals surface area (Å²) in [5.41, 5.74) is 0.528. The third kappa shape index (κ3) is 3.60. The van der Waals surface area contributed by atoms with Crippen molar-refractivity contribution in [2.75, 3.05) is 32.6 Å². The number of hydrogen-bond acceptors (Lipinski definition) is 3. The predicted octanol–water partition coefficient (Wildman–Crippen LogP) is 2.98. The SMILES string of the molecule is COc1ccc(F)c(NC(C)C2CCCN(C)C2)c1. The van der Waals surface area contributed by atoms with Crippen LogP contribution in [0.5, 0.6) is 5.75 Å². The van der Waals surface area contributed by atoms with Crippen LogP contribution in [0.15, 0.2) is 18.2 Å². The molecule has 1 aliphatic heterocycles. The standard InChI is InChI=1S/C15H23FN2O/c1-11(12-5-4-8-18(2)10-12)17-15-9-13(19-3)6-7-14(15)16/h6-7,9,11-12,17H,4-5,8,10H2,1-3H3. The normalized spacial score (nSPS) is 22.0. The highest BCUT2D eigenvalue weighted by Gasteiger charge is 2.23. The fourth-order valence-corrected chi connectivity index (χ4v) is 2.72. The van der Waals surface area contributed by atoms with Gasteiger partial charge in [-0.25, -0.2) is 4.39 Å². The Labute approximate surface area is 114 Å². The summed E-state index contributed by atoms with van der Waals surface area (Å²) < 4.78 is 18.9. The highest BCUT2D eigenvalue weighted by Crippen LogP contribution is 2.25.